The molecule has 4 rings (SSSR count). The van der Waals surface area contributed by atoms with Crippen molar-refractivity contribution in [1.29, 1.82) is 0 Å². The zero-order chi connectivity index (χ0) is 18.1. The summed E-state index contributed by atoms with van der Waals surface area (Å²) in [5.74, 6) is 0.0434. The van der Waals surface area contributed by atoms with Crippen LogP contribution in [0.2, 0.25) is 0 Å². The average molecular weight is 346 g/mol. The second kappa shape index (κ2) is 6.64. The summed E-state index contributed by atoms with van der Waals surface area (Å²) < 4.78 is 11.1. The van der Waals surface area contributed by atoms with Gasteiger partial charge in [-0.2, -0.15) is 0 Å². The molecule has 4 heteroatoms. The second-order valence-electron chi connectivity index (χ2n) is 6.23. The predicted molar refractivity (Wildman–Crippen MR) is 98.7 cm³/mol. The van der Waals surface area contributed by atoms with Gasteiger partial charge in [0.1, 0.15) is 11.9 Å². The molecule has 0 aliphatic carbocycles. The van der Waals surface area contributed by atoms with Crippen molar-refractivity contribution in [1.82, 2.24) is 0 Å². The minimum atomic E-state index is -0.431. The lowest BCUT2D eigenvalue weighted by Gasteiger charge is -2.26. The van der Waals surface area contributed by atoms with Crippen molar-refractivity contribution >= 4 is 22.5 Å². The summed E-state index contributed by atoms with van der Waals surface area (Å²) in [6.45, 7) is 2.04. The number of ether oxygens (including phenoxy) is 2. The number of hydrogen-bond donors (Lipinski definition) is 0. The van der Waals surface area contributed by atoms with Crippen LogP contribution in [0.1, 0.15) is 45.7 Å². The highest BCUT2D eigenvalue weighted by atomic mass is 16.5. The van der Waals surface area contributed by atoms with Gasteiger partial charge in [-0.05, 0) is 35.9 Å². The maximum absolute atomic E-state index is 12.7. The number of fused-ring (bicyclic) bond motifs is 2. The molecule has 0 spiro atoms. The molecule has 0 saturated carbocycles. The Bertz CT molecular complexity index is 1000. The molecule has 1 aliphatic heterocycles. The van der Waals surface area contributed by atoms with Crippen LogP contribution >= 0.6 is 0 Å². The molecule has 4 nitrogen and oxygen atoms in total. The van der Waals surface area contributed by atoms with Crippen molar-refractivity contribution in [2.24, 2.45) is 0 Å². The Morgan fingerprint density at radius 3 is 2.77 bits per heavy atom. The van der Waals surface area contributed by atoms with Gasteiger partial charge in [0.25, 0.3) is 0 Å². The van der Waals surface area contributed by atoms with Gasteiger partial charge >= 0.3 is 5.97 Å². The number of carbonyl (C=O) groups excluding carboxylic acids is 2. The third-order valence-electron chi connectivity index (χ3n) is 4.60. The van der Waals surface area contributed by atoms with E-state index in [4.69, 9.17) is 9.47 Å². The normalized spacial score (nSPS) is 16.0. The van der Waals surface area contributed by atoms with Crippen LogP contribution in [0.15, 0.2) is 60.7 Å². The molecule has 1 aliphatic rings. The van der Waals surface area contributed by atoms with Crippen LogP contribution in [0, 0.1) is 0 Å². The summed E-state index contributed by atoms with van der Waals surface area (Å²) in [7, 11) is 0. The van der Waals surface area contributed by atoms with E-state index in [2.05, 4.69) is 0 Å². The van der Waals surface area contributed by atoms with E-state index in [0.29, 0.717) is 23.5 Å². The van der Waals surface area contributed by atoms with Crippen molar-refractivity contribution in [3.63, 3.8) is 0 Å². The smallest absolute Gasteiger partial charge is 0.338 e. The molecule has 0 bridgehead atoms. The molecule has 0 aromatic heterocycles. The highest BCUT2D eigenvalue weighted by Gasteiger charge is 2.29. The minimum Gasteiger partial charge on any atom is -0.484 e. The van der Waals surface area contributed by atoms with E-state index in [1.165, 1.54) is 0 Å². The van der Waals surface area contributed by atoms with Gasteiger partial charge in [-0.3, -0.25) is 4.79 Å². The first kappa shape index (κ1) is 16.3. The van der Waals surface area contributed by atoms with E-state index in [-0.39, 0.29) is 18.3 Å². The maximum atomic E-state index is 12.7. The molecular formula is C22H18O4. The predicted octanol–water partition coefficient (Wildman–Crippen LogP) is 4.72. The summed E-state index contributed by atoms with van der Waals surface area (Å²) in [6.07, 6.45) is -0.0950. The summed E-state index contributed by atoms with van der Waals surface area (Å²) >= 11 is 0. The Morgan fingerprint density at radius 2 is 1.92 bits per heavy atom. The first-order chi connectivity index (χ1) is 12.7. The van der Waals surface area contributed by atoms with Crippen LogP contribution in [0.3, 0.4) is 0 Å². The van der Waals surface area contributed by atoms with Crippen LogP contribution in [-0.2, 0) is 4.74 Å². The van der Waals surface area contributed by atoms with Gasteiger partial charge in [-0.1, -0.05) is 42.5 Å². The molecule has 130 valence electrons. The zero-order valence-electron chi connectivity index (χ0n) is 14.4. The minimum absolute atomic E-state index is 0.0321. The van der Waals surface area contributed by atoms with Gasteiger partial charge in [0.2, 0.25) is 0 Å². The first-order valence-electron chi connectivity index (χ1n) is 8.66. The molecule has 3 aromatic carbocycles. The van der Waals surface area contributed by atoms with Gasteiger partial charge in [-0.15, -0.1) is 0 Å². The van der Waals surface area contributed by atoms with E-state index in [9.17, 15) is 9.59 Å². The van der Waals surface area contributed by atoms with E-state index in [1.807, 2.05) is 42.5 Å². The highest BCUT2D eigenvalue weighted by Crippen LogP contribution is 2.37. The van der Waals surface area contributed by atoms with Crippen LogP contribution in [0.4, 0.5) is 0 Å². The molecule has 0 fully saturated rings. The second-order valence-corrected chi connectivity index (χ2v) is 6.23. The summed E-state index contributed by atoms with van der Waals surface area (Å²) in [5, 5.41) is 2.20. The van der Waals surface area contributed by atoms with E-state index >= 15 is 0 Å². The SMILES string of the molecule is CCOC(=O)c1ccc2c(c1)C(=O)CC(c1cccc3ccccc13)O2. The fourth-order valence-electron chi connectivity index (χ4n) is 3.37. The Hall–Kier alpha value is -3.14. The molecule has 0 amide bonds. The molecule has 26 heavy (non-hydrogen) atoms. The Morgan fingerprint density at radius 1 is 1.12 bits per heavy atom. The number of esters is 1. The molecule has 0 saturated heterocycles. The van der Waals surface area contributed by atoms with E-state index < -0.39 is 5.97 Å². The fourth-order valence-corrected chi connectivity index (χ4v) is 3.37. The third-order valence-corrected chi connectivity index (χ3v) is 4.60. The monoisotopic (exact) mass is 346 g/mol. The van der Waals surface area contributed by atoms with Crippen molar-refractivity contribution in [2.75, 3.05) is 6.61 Å². The van der Waals surface area contributed by atoms with E-state index in [0.717, 1.165) is 16.3 Å². The number of Topliss-reactive ketones (excluding diaryl/α,β-unsaturated/α-hetero) is 1. The summed E-state index contributed by atoms with van der Waals surface area (Å²) in [4.78, 5) is 24.6. The summed E-state index contributed by atoms with van der Waals surface area (Å²) in [6, 6.07) is 19.0. The van der Waals surface area contributed by atoms with Gasteiger partial charge in [-0.25, -0.2) is 4.79 Å². The number of hydrogen-bond acceptors (Lipinski definition) is 4. The molecule has 3 aromatic rings. The van der Waals surface area contributed by atoms with Gasteiger partial charge < -0.3 is 9.47 Å². The zero-order valence-corrected chi connectivity index (χ0v) is 14.4. The lowest BCUT2D eigenvalue weighted by Crippen LogP contribution is -2.21. The Balaban J connectivity index is 1.70. The third kappa shape index (κ3) is 2.84. The van der Waals surface area contributed by atoms with Gasteiger partial charge in [0.15, 0.2) is 5.78 Å². The van der Waals surface area contributed by atoms with E-state index in [1.54, 1.807) is 25.1 Å². The molecule has 0 N–H and O–H groups in total. The molecule has 0 radical (unpaired) electrons. The van der Waals surface area contributed by atoms with Crippen LogP contribution < -0.4 is 4.74 Å². The van der Waals surface area contributed by atoms with Crippen molar-refractivity contribution < 1.29 is 19.1 Å². The molecule has 1 atom stereocenters. The number of rotatable bonds is 3. The van der Waals surface area contributed by atoms with Crippen molar-refractivity contribution in [3.8, 4) is 5.75 Å². The van der Waals surface area contributed by atoms with Crippen LogP contribution in [0.5, 0.6) is 5.75 Å². The van der Waals surface area contributed by atoms with Gasteiger partial charge in [0.05, 0.1) is 24.2 Å². The van der Waals surface area contributed by atoms with Crippen molar-refractivity contribution in [3.05, 3.63) is 77.4 Å². The highest BCUT2D eigenvalue weighted by molar-refractivity contribution is 6.03. The van der Waals surface area contributed by atoms with Gasteiger partial charge in [0, 0.05) is 5.56 Å². The Kier molecular flexibility index (Phi) is 4.17. The topological polar surface area (TPSA) is 52.6 Å². The average Bonchev–Trinajstić information content (AvgIpc) is 2.67. The standard InChI is InChI=1S/C22H18O4/c1-2-25-22(24)15-10-11-20-18(12-15)19(23)13-21(26-20)17-9-5-7-14-6-3-4-8-16(14)17/h3-12,21H,2,13H2,1H3. The first-order valence-corrected chi connectivity index (χ1v) is 8.66. The summed E-state index contributed by atoms with van der Waals surface area (Å²) in [5.41, 5.74) is 1.80. The lowest BCUT2D eigenvalue weighted by atomic mass is 9.92. The number of carbonyl (C=O) groups is 2. The fraction of sp³-hybridized carbons (Fsp3) is 0.182. The largest absolute Gasteiger partial charge is 0.484 e. The quantitative estimate of drug-likeness (QED) is 0.644. The number of ketones is 1. The Labute approximate surface area is 151 Å². The molecule has 1 unspecified atom stereocenters. The van der Waals surface area contributed by atoms with Crippen molar-refractivity contribution in [2.45, 2.75) is 19.4 Å². The van der Waals surface area contributed by atoms with Crippen LogP contribution in [0.25, 0.3) is 10.8 Å². The number of benzene rings is 3. The maximum Gasteiger partial charge on any atom is 0.338 e. The molecule has 1 heterocycles. The van der Waals surface area contributed by atoms with Crippen LogP contribution in [-0.4, -0.2) is 18.4 Å². The lowest BCUT2D eigenvalue weighted by molar-refractivity contribution is 0.0526. The molecular weight excluding hydrogens is 328 g/mol.